The molecule has 0 spiro atoms. The zero-order valence-electron chi connectivity index (χ0n) is 11.5. The number of nitro benzene ring substituents is 1. The van der Waals surface area contributed by atoms with Crippen LogP contribution in [0.3, 0.4) is 0 Å². The summed E-state index contributed by atoms with van der Waals surface area (Å²) in [6.45, 7) is 5.91. The topological polar surface area (TPSA) is 81.2 Å². The first-order valence-corrected chi connectivity index (χ1v) is 6.30. The molecule has 106 valence electrons. The number of anilines is 1. The zero-order valence-corrected chi connectivity index (χ0v) is 11.5. The molecule has 1 aromatic carbocycles. The minimum absolute atomic E-state index is 0.266. The first-order chi connectivity index (χ1) is 8.83. The van der Waals surface area contributed by atoms with Crippen molar-refractivity contribution >= 4 is 11.4 Å². The lowest BCUT2D eigenvalue weighted by atomic mass is 9.94. The molecule has 0 amide bonds. The molecule has 0 unspecified atom stereocenters. The fourth-order valence-electron chi connectivity index (χ4n) is 1.73. The minimum Gasteiger partial charge on any atom is -0.378 e. The van der Waals surface area contributed by atoms with Crippen molar-refractivity contribution < 1.29 is 9.31 Å². The average Bonchev–Trinajstić information content (AvgIpc) is 2.39. The summed E-state index contributed by atoms with van der Waals surface area (Å²) in [5.41, 5.74) is 6.12. The van der Waals surface area contributed by atoms with Gasteiger partial charge in [-0.15, -0.1) is 0 Å². The maximum atomic E-state index is 13.4. The highest BCUT2D eigenvalue weighted by Gasteiger charge is 2.23. The smallest absolute Gasteiger partial charge is 0.295 e. The summed E-state index contributed by atoms with van der Waals surface area (Å²) < 4.78 is 13.4. The van der Waals surface area contributed by atoms with Gasteiger partial charge in [0.25, 0.3) is 5.69 Å². The summed E-state index contributed by atoms with van der Waals surface area (Å²) in [4.78, 5) is 10.3. The van der Waals surface area contributed by atoms with Crippen molar-refractivity contribution in [3.63, 3.8) is 0 Å². The standard InChI is InChI=1S/C13H20FN3O2/c1-4-13(15,5-2)8-16-11-6-9(3)10(14)7-12(11)17(18)19/h6-7,16H,4-5,8,15H2,1-3H3. The Kier molecular flexibility index (Phi) is 4.83. The lowest BCUT2D eigenvalue weighted by molar-refractivity contribution is -0.384. The molecule has 3 N–H and O–H groups in total. The number of rotatable bonds is 6. The van der Waals surface area contributed by atoms with Crippen molar-refractivity contribution in [3.8, 4) is 0 Å². The van der Waals surface area contributed by atoms with E-state index in [1.807, 2.05) is 13.8 Å². The first kappa shape index (κ1) is 15.4. The first-order valence-electron chi connectivity index (χ1n) is 6.30. The number of nitro groups is 1. The van der Waals surface area contributed by atoms with Crippen molar-refractivity contribution in [1.29, 1.82) is 0 Å². The molecule has 0 aliphatic carbocycles. The van der Waals surface area contributed by atoms with Crippen molar-refractivity contribution in [2.45, 2.75) is 39.2 Å². The molecule has 0 aliphatic rings. The van der Waals surface area contributed by atoms with E-state index >= 15 is 0 Å². The fourth-order valence-corrected chi connectivity index (χ4v) is 1.73. The van der Waals surface area contributed by atoms with E-state index in [1.54, 1.807) is 6.92 Å². The molecule has 19 heavy (non-hydrogen) atoms. The number of nitrogens with zero attached hydrogens (tertiary/aromatic N) is 1. The maximum absolute atomic E-state index is 13.4. The van der Waals surface area contributed by atoms with E-state index in [9.17, 15) is 14.5 Å². The SMILES string of the molecule is CCC(N)(CC)CNc1cc(C)c(F)cc1[N+](=O)[O-]. The molecule has 0 atom stereocenters. The lowest BCUT2D eigenvalue weighted by Gasteiger charge is -2.27. The van der Waals surface area contributed by atoms with Gasteiger partial charge in [0.05, 0.1) is 11.0 Å². The molecule has 0 radical (unpaired) electrons. The van der Waals surface area contributed by atoms with Crippen molar-refractivity contribution in [3.05, 3.63) is 33.6 Å². The molecule has 0 aliphatic heterocycles. The average molecular weight is 269 g/mol. The molecule has 0 aromatic heterocycles. The molecule has 1 rings (SSSR count). The molecule has 0 saturated heterocycles. The number of hydrogen-bond donors (Lipinski definition) is 2. The summed E-state index contributed by atoms with van der Waals surface area (Å²) in [6.07, 6.45) is 1.51. The van der Waals surface area contributed by atoms with Gasteiger partial charge in [0.2, 0.25) is 0 Å². The predicted octanol–water partition coefficient (Wildman–Crippen LogP) is 2.97. The Labute approximate surface area is 112 Å². The summed E-state index contributed by atoms with van der Waals surface area (Å²) in [7, 11) is 0. The third-order valence-electron chi connectivity index (χ3n) is 3.51. The Morgan fingerprint density at radius 1 is 1.42 bits per heavy atom. The molecule has 0 fully saturated rings. The third-order valence-corrected chi connectivity index (χ3v) is 3.51. The molecule has 6 heteroatoms. The number of aryl methyl sites for hydroxylation is 1. The Hall–Kier alpha value is -1.69. The Balaban J connectivity index is 3.00. The van der Waals surface area contributed by atoms with Crippen LogP contribution >= 0.6 is 0 Å². The van der Waals surface area contributed by atoms with Crippen LogP contribution in [-0.2, 0) is 0 Å². The second-order valence-electron chi connectivity index (χ2n) is 4.80. The van der Waals surface area contributed by atoms with Gasteiger partial charge in [0.1, 0.15) is 11.5 Å². The van der Waals surface area contributed by atoms with Gasteiger partial charge < -0.3 is 11.1 Å². The number of nitrogens with one attached hydrogen (secondary N) is 1. The lowest BCUT2D eigenvalue weighted by Crippen LogP contribution is -2.45. The van der Waals surface area contributed by atoms with Gasteiger partial charge in [-0.05, 0) is 31.4 Å². The van der Waals surface area contributed by atoms with Crippen molar-refractivity contribution in [2.24, 2.45) is 5.73 Å². The highest BCUT2D eigenvalue weighted by Crippen LogP contribution is 2.28. The Bertz CT molecular complexity index is 473. The second kappa shape index (κ2) is 5.97. The van der Waals surface area contributed by atoms with Gasteiger partial charge >= 0.3 is 0 Å². The Morgan fingerprint density at radius 3 is 2.47 bits per heavy atom. The van der Waals surface area contributed by atoms with Gasteiger partial charge in [-0.1, -0.05) is 13.8 Å². The van der Waals surface area contributed by atoms with Crippen LogP contribution in [0.5, 0.6) is 0 Å². The predicted molar refractivity (Wildman–Crippen MR) is 73.8 cm³/mol. The van der Waals surface area contributed by atoms with Crippen LogP contribution in [0.1, 0.15) is 32.3 Å². The van der Waals surface area contributed by atoms with E-state index < -0.39 is 16.3 Å². The van der Waals surface area contributed by atoms with Gasteiger partial charge in [-0.3, -0.25) is 10.1 Å². The van der Waals surface area contributed by atoms with Gasteiger partial charge in [-0.25, -0.2) is 4.39 Å². The number of halogens is 1. The van der Waals surface area contributed by atoms with E-state index in [-0.39, 0.29) is 5.69 Å². The summed E-state index contributed by atoms with van der Waals surface area (Å²) in [5, 5.41) is 13.9. The third kappa shape index (κ3) is 3.64. The Morgan fingerprint density at radius 2 is 2.00 bits per heavy atom. The van der Waals surface area contributed by atoms with Gasteiger partial charge in [0, 0.05) is 12.1 Å². The van der Waals surface area contributed by atoms with Crippen molar-refractivity contribution in [1.82, 2.24) is 0 Å². The maximum Gasteiger partial charge on any atom is 0.295 e. The van der Waals surface area contributed by atoms with E-state index in [1.165, 1.54) is 6.07 Å². The molecular formula is C13H20FN3O2. The summed E-state index contributed by atoms with van der Waals surface area (Å²) in [5.74, 6) is -0.581. The van der Waals surface area contributed by atoms with Gasteiger partial charge in [0.15, 0.2) is 0 Å². The molecule has 0 saturated carbocycles. The zero-order chi connectivity index (χ0) is 14.6. The minimum atomic E-state index is -0.596. The van der Waals surface area contributed by atoms with E-state index in [0.717, 1.165) is 18.9 Å². The summed E-state index contributed by atoms with van der Waals surface area (Å²) >= 11 is 0. The largest absolute Gasteiger partial charge is 0.378 e. The molecule has 0 bridgehead atoms. The van der Waals surface area contributed by atoms with Crippen LogP contribution < -0.4 is 11.1 Å². The highest BCUT2D eigenvalue weighted by molar-refractivity contribution is 5.63. The normalized spacial score (nSPS) is 11.4. The molecule has 1 aromatic rings. The van der Waals surface area contributed by atoms with Crippen LogP contribution in [0.15, 0.2) is 12.1 Å². The van der Waals surface area contributed by atoms with Gasteiger partial charge in [-0.2, -0.15) is 0 Å². The monoisotopic (exact) mass is 269 g/mol. The van der Waals surface area contributed by atoms with Crippen LogP contribution in [0, 0.1) is 22.9 Å². The highest BCUT2D eigenvalue weighted by atomic mass is 19.1. The number of benzene rings is 1. The quantitative estimate of drug-likeness (QED) is 0.614. The van der Waals surface area contributed by atoms with E-state index in [0.29, 0.717) is 17.8 Å². The second-order valence-corrected chi connectivity index (χ2v) is 4.80. The molecular weight excluding hydrogens is 249 g/mol. The fraction of sp³-hybridized carbons (Fsp3) is 0.538. The van der Waals surface area contributed by atoms with Crippen LogP contribution in [0.25, 0.3) is 0 Å². The van der Waals surface area contributed by atoms with Crippen molar-refractivity contribution in [2.75, 3.05) is 11.9 Å². The van der Waals surface area contributed by atoms with E-state index in [2.05, 4.69) is 5.32 Å². The summed E-state index contributed by atoms with van der Waals surface area (Å²) in [6, 6.07) is 2.38. The number of nitrogens with two attached hydrogens (primary N) is 1. The van der Waals surface area contributed by atoms with Crippen LogP contribution in [0.4, 0.5) is 15.8 Å². The van der Waals surface area contributed by atoms with Crippen LogP contribution in [0.2, 0.25) is 0 Å². The van der Waals surface area contributed by atoms with Crippen LogP contribution in [-0.4, -0.2) is 17.0 Å². The molecule has 5 nitrogen and oxygen atoms in total. The molecule has 0 heterocycles. The number of hydrogen-bond acceptors (Lipinski definition) is 4. The van der Waals surface area contributed by atoms with E-state index in [4.69, 9.17) is 5.73 Å².